The first kappa shape index (κ1) is 9.64. The minimum atomic E-state index is -3.93. The van der Waals surface area contributed by atoms with Crippen molar-refractivity contribution in [1.82, 2.24) is 4.98 Å². The number of isocyanates is 1. The number of H-pyrrole nitrogens is 1. The highest BCUT2D eigenvalue weighted by Gasteiger charge is 2.15. The molecule has 1 heterocycles. The molecule has 1 N–H and O–H groups in total. The first-order chi connectivity index (χ1) is 7.13. The van der Waals surface area contributed by atoms with Gasteiger partial charge in [-0.1, -0.05) is 22.6 Å². The van der Waals surface area contributed by atoms with Crippen molar-refractivity contribution in [3.8, 4) is 0 Å². The Bertz CT molecular complexity index is 618. The van der Waals surface area contributed by atoms with Crippen LogP contribution in [0.1, 0.15) is 0 Å². The summed E-state index contributed by atoms with van der Waals surface area (Å²) in [5.74, 6) is 0. The summed E-state index contributed by atoms with van der Waals surface area (Å²) in [5.41, 5.74) is 0.678. The molecular formula is C9H6N2O3S. The van der Waals surface area contributed by atoms with Crippen molar-refractivity contribution >= 4 is 27.0 Å². The van der Waals surface area contributed by atoms with Gasteiger partial charge in [0.1, 0.15) is 0 Å². The van der Waals surface area contributed by atoms with E-state index in [0.29, 0.717) is 5.52 Å². The summed E-state index contributed by atoms with van der Waals surface area (Å²) in [6, 6.07) is 8.48. The summed E-state index contributed by atoms with van der Waals surface area (Å²) in [5, 5.41) is 0.643. The first-order valence-electron chi connectivity index (χ1n) is 4.05. The molecule has 0 atom stereocenters. The molecule has 0 bridgehead atoms. The van der Waals surface area contributed by atoms with E-state index < -0.39 is 10.0 Å². The summed E-state index contributed by atoms with van der Waals surface area (Å²) in [6.45, 7) is 0. The smallest absolute Gasteiger partial charge is 0.308 e. The van der Waals surface area contributed by atoms with Crippen LogP contribution in [0.25, 0.3) is 10.9 Å². The van der Waals surface area contributed by atoms with Crippen LogP contribution in [0, 0.1) is 0 Å². The lowest BCUT2D eigenvalue weighted by Gasteiger charge is -1.88. The van der Waals surface area contributed by atoms with E-state index in [-0.39, 0.29) is 5.03 Å². The molecule has 0 radical (unpaired) electrons. The van der Waals surface area contributed by atoms with Crippen LogP contribution in [0.2, 0.25) is 0 Å². The second-order valence-electron chi connectivity index (χ2n) is 2.88. The Kier molecular flexibility index (Phi) is 2.15. The van der Waals surface area contributed by atoms with Crippen molar-refractivity contribution in [1.29, 1.82) is 0 Å². The molecule has 0 aliphatic heterocycles. The van der Waals surface area contributed by atoms with Gasteiger partial charge in [-0.2, -0.15) is 8.42 Å². The lowest BCUT2D eigenvalue weighted by molar-refractivity contribution is 0.563. The Labute approximate surface area is 85.5 Å². The molecule has 1 aromatic heterocycles. The molecule has 15 heavy (non-hydrogen) atoms. The van der Waals surface area contributed by atoms with Gasteiger partial charge in [-0.15, -0.1) is 0 Å². The summed E-state index contributed by atoms with van der Waals surface area (Å²) < 4.78 is 25.4. The molecule has 2 rings (SSSR count). The first-order valence-corrected chi connectivity index (χ1v) is 5.49. The van der Waals surface area contributed by atoms with Gasteiger partial charge >= 0.3 is 10.0 Å². The van der Waals surface area contributed by atoms with Crippen LogP contribution >= 0.6 is 0 Å². The van der Waals surface area contributed by atoms with E-state index in [4.69, 9.17) is 0 Å². The van der Waals surface area contributed by atoms with Crippen molar-refractivity contribution in [2.45, 2.75) is 5.03 Å². The highest BCUT2D eigenvalue weighted by Crippen LogP contribution is 2.19. The van der Waals surface area contributed by atoms with Crippen molar-refractivity contribution in [2.24, 2.45) is 4.40 Å². The molecule has 0 aliphatic rings. The van der Waals surface area contributed by atoms with Gasteiger partial charge in [0.05, 0.1) is 0 Å². The molecule has 0 unspecified atom stereocenters. The van der Waals surface area contributed by atoms with E-state index in [0.717, 1.165) is 11.5 Å². The number of sulfonamides is 1. The van der Waals surface area contributed by atoms with Gasteiger partial charge in [-0.05, 0) is 12.1 Å². The Balaban J connectivity index is 2.69. The van der Waals surface area contributed by atoms with Crippen LogP contribution in [-0.2, 0) is 14.8 Å². The number of hydrogen-bond acceptors (Lipinski definition) is 3. The third-order valence-corrected chi connectivity index (χ3v) is 3.03. The van der Waals surface area contributed by atoms with E-state index in [1.807, 2.05) is 0 Å². The summed E-state index contributed by atoms with van der Waals surface area (Å²) in [7, 11) is -3.93. The molecule has 76 valence electrons. The SMILES string of the molecule is O=C=NS(=O)(=O)c1cc2ccccc2[nH]1. The molecule has 0 saturated heterocycles. The Morgan fingerprint density at radius 2 is 2.00 bits per heavy atom. The van der Waals surface area contributed by atoms with Gasteiger partial charge in [0.15, 0.2) is 5.03 Å². The number of hydrogen-bond donors (Lipinski definition) is 1. The maximum absolute atomic E-state index is 11.3. The van der Waals surface area contributed by atoms with Crippen molar-refractivity contribution in [3.05, 3.63) is 30.3 Å². The molecule has 0 fully saturated rings. The molecular weight excluding hydrogens is 216 g/mol. The van der Waals surface area contributed by atoms with Crippen LogP contribution in [0.15, 0.2) is 39.8 Å². The van der Waals surface area contributed by atoms with E-state index in [1.54, 1.807) is 24.3 Å². The number of benzene rings is 1. The Morgan fingerprint density at radius 3 is 2.67 bits per heavy atom. The third-order valence-electron chi connectivity index (χ3n) is 1.94. The number of carbonyl (C=O) groups excluding carboxylic acids is 1. The molecule has 0 amide bonds. The van der Waals surface area contributed by atoms with E-state index in [2.05, 4.69) is 9.38 Å². The van der Waals surface area contributed by atoms with Crippen LogP contribution < -0.4 is 0 Å². The monoisotopic (exact) mass is 222 g/mol. The van der Waals surface area contributed by atoms with Crippen LogP contribution in [0.3, 0.4) is 0 Å². The molecule has 6 heteroatoms. The van der Waals surface area contributed by atoms with Gasteiger partial charge in [-0.25, -0.2) is 4.79 Å². The fourth-order valence-corrected chi connectivity index (χ4v) is 2.00. The zero-order chi connectivity index (χ0) is 10.9. The zero-order valence-electron chi connectivity index (χ0n) is 7.47. The van der Waals surface area contributed by atoms with Gasteiger partial charge in [0.2, 0.25) is 0 Å². The Hall–Kier alpha value is -1.91. The Morgan fingerprint density at radius 1 is 1.27 bits per heavy atom. The fraction of sp³-hybridized carbons (Fsp3) is 0. The van der Waals surface area contributed by atoms with Crippen molar-refractivity contribution in [2.75, 3.05) is 0 Å². The largest absolute Gasteiger partial charge is 0.344 e. The van der Waals surface area contributed by atoms with E-state index in [9.17, 15) is 13.2 Å². The minimum Gasteiger partial charge on any atom is -0.344 e. The highest BCUT2D eigenvalue weighted by atomic mass is 32.2. The standard InChI is InChI=1S/C9H6N2O3S/c12-6-10-15(13,14)9-5-7-3-1-2-4-8(7)11-9/h1-5,11H. The normalized spacial score (nSPS) is 11.2. The van der Waals surface area contributed by atoms with Gasteiger partial charge in [-0.3, -0.25) is 0 Å². The summed E-state index contributed by atoms with van der Waals surface area (Å²) in [6.07, 6.45) is 1.02. The number of aromatic nitrogens is 1. The van der Waals surface area contributed by atoms with E-state index in [1.165, 1.54) is 6.07 Å². The number of nitrogens with zero attached hydrogens (tertiary/aromatic N) is 1. The van der Waals surface area contributed by atoms with E-state index >= 15 is 0 Å². The van der Waals surface area contributed by atoms with Crippen molar-refractivity contribution in [3.63, 3.8) is 0 Å². The third kappa shape index (κ3) is 1.68. The average Bonchev–Trinajstić information content (AvgIpc) is 2.61. The lowest BCUT2D eigenvalue weighted by atomic mass is 10.3. The second kappa shape index (κ2) is 3.34. The fourth-order valence-electron chi connectivity index (χ4n) is 1.28. The number of nitrogens with one attached hydrogen (secondary N) is 1. The molecule has 5 nitrogen and oxygen atoms in total. The predicted molar refractivity (Wildman–Crippen MR) is 53.6 cm³/mol. The number of aromatic amines is 1. The maximum atomic E-state index is 11.3. The molecule has 0 spiro atoms. The molecule has 0 aliphatic carbocycles. The zero-order valence-corrected chi connectivity index (χ0v) is 8.28. The van der Waals surface area contributed by atoms with Crippen LogP contribution in [0.5, 0.6) is 0 Å². The lowest BCUT2D eigenvalue weighted by Crippen LogP contribution is -1.95. The van der Waals surface area contributed by atoms with Crippen LogP contribution in [0.4, 0.5) is 0 Å². The number of para-hydroxylation sites is 1. The number of rotatable bonds is 2. The second-order valence-corrected chi connectivity index (χ2v) is 4.45. The number of fused-ring (bicyclic) bond motifs is 1. The van der Waals surface area contributed by atoms with Gasteiger partial charge in [0.25, 0.3) is 6.08 Å². The summed E-state index contributed by atoms with van der Waals surface area (Å²) in [4.78, 5) is 12.6. The molecule has 2 aromatic rings. The van der Waals surface area contributed by atoms with Crippen LogP contribution in [-0.4, -0.2) is 19.5 Å². The van der Waals surface area contributed by atoms with Crippen molar-refractivity contribution < 1.29 is 13.2 Å². The maximum Gasteiger partial charge on any atom is 0.308 e. The summed E-state index contributed by atoms with van der Waals surface area (Å²) >= 11 is 0. The van der Waals surface area contributed by atoms with Gasteiger partial charge in [0, 0.05) is 10.9 Å². The molecule has 0 saturated carbocycles. The molecule has 1 aromatic carbocycles. The topological polar surface area (TPSA) is 79.4 Å². The highest BCUT2D eigenvalue weighted by molar-refractivity contribution is 7.90. The minimum absolute atomic E-state index is 0.105. The van der Waals surface area contributed by atoms with Gasteiger partial charge < -0.3 is 4.98 Å². The average molecular weight is 222 g/mol. The quantitative estimate of drug-likeness (QED) is 0.612. The predicted octanol–water partition coefficient (Wildman–Crippen LogP) is 1.19.